The number of rotatable bonds is 5. The van der Waals surface area contributed by atoms with Crippen LogP contribution in [0.1, 0.15) is 28.5 Å². The number of hydrogen-bond acceptors (Lipinski definition) is 5. The molecule has 3 rings (SSSR count). The molecule has 0 spiro atoms. The van der Waals surface area contributed by atoms with Crippen LogP contribution < -0.4 is 10.1 Å². The van der Waals surface area contributed by atoms with Crippen molar-refractivity contribution in [1.82, 2.24) is 4.90 Å². The minimum absolute atomic E-state index is 0.293. The Labute approximate surface area is 172 Å². The van der Waals surface area contributed by atoms with Crippen LogP contribution in [0.15, 0.2) is 30.3 Å². The van der Waals surface area contributed by atoms with Gasteiger partial charge in [0.25, 0.3) is 5.24 Å². The monoisotopic (exact) mass is 413 g/mol. The maximum atomic E-state index is 12.4. The summed E-state index contributed by atoms with van der Waals surface area (Å²) in [6.45, 7) is 3.36. The van der Waals surface area contributed by atoms with E-state index in [1.54, 1.807) is 11.0 Å². The number of hydrogen-bond donors (Lipinski definition) is 2. The van der Waals surface area contributed by atoms with Gasteiger partial charge >= 0.3 is 0 Å². The van der Waals surface area contributed by atoms with Gasteiger partial charge in [0.05, 0.1) is 18.7 Å². The van der Waals surface area contributed by atoms with E-state index in [1.807, 2.05) is 31.2 Å². The van der Waals surface area contributed by atoms with Crippen molar-refractivity contribution in [2.45, 2.75) is 19.9 Å². The number of amides is 2. The standard InChI is InChI=1S/C20H19N3O3S2/c1-2-26-16-6-4-3-5-13(16)7-8-18(24)22-19-15(11-21)14-9-10-23(20(25)27)12-17(14)28-19/h3-8H,2,9-10,12H2,1H3,(H,22,24)(H,25,27). The highest BCUT2D eigenvalue weighted by atomic mass is 32.1. The van der Waals surface area contributed by atoms with Gasteiger partial charge in [-0.05, 0) is 31.1 Å². The van der Waals surface area contributed by atoms with Gasteiger partial charge in [0.1, 0.15) is 16.8 Å². The molecule has 0 fully saturated rings. The number of anilines is 1. The second-order valence-corrected chi connectivity index (χ2v) is 7.56. The van der Waals surface area contributed by atoms with Crippen LogP contribution in [0.5, 0.6) is 5.75 Å². The van der Waals surface area contributed by atoms with Crippen molar-refractivity contribution >= 4 is 46.2 Å². The number of para-hydroxylation sites is 1. The number of nitrogens with zero attached hydrogens (tertiary/aromatic N) is 2. The lowest BCUT2D eigenvalue weighted by molar-refractivity contribution is -0.111. The zero-order chi connectivity index (χ0) is 20.1. The van der Waals surface area contributed by atoms with Crippen molar-refractivity contribution in [3.8, 4) is 11.8 Å². The minimum Gasteiger partial charge on any atom is -0.493 e. The van der Waals surface area contributed by atoms with E-state index < -0.39 is 0 Å². The van der Waals surface area contributed by atoms with Crippen LogP contribution in [0.25, 0.3) is 6.08 Å². The maximum Gasteiger partial charge on any atom is 0.278 e. The topological polar surface area (TPSA) is 82.4 Å². The van der Waals surface area contributed by atoms with Crippen LogP contribution in [-0.2, 0) is 17.8 Å². The Hall–Kier alpha value is -2.76. The van der Waals surface area contributed by atoms with Crippen molar-refractivity contribution in [2.24, 2.45) is 0 Å². The third kappa shape index (κ3) is 4.38. The van der Waals surface area contributed by atoms with E-state index in [9.17, 15) is 14.9 Å². The Morgan fingerprint density at radius 3 is 2.93 bits per heavy atom. The number of benzene rings is 1. The highest BCUT2D eigenvalue weighted by Gasteiger charge is 2.26. The normalized spacial score (nSPS) is 13.1. The van der Waals surface area contributed by atoms with Gasteiger partial charge in [-0.25, -0.2) is 0 Å². The molecule has 8 heteroatoms. The molecule has 0 radical (unpaired) electrons. The second-order valence-electron chi connectivity index (χ2n) is 6.07. The molecular weight excluding hydrogens is 394 g/mol. The molecule has 0 saturated heterocycles. The number of thiophene rings is 1. The molecule has 1 aliphatic heterocycles. The van der Waals surface area contributed by atoms with Crippen LogP contribution in [0.4, 0.5) is 9.80 Å². The van der Waals surface area contributed by atoms with Crippen molar-refractivity contribution in [3.63, 3.8) is 0 Å². The van der Waals surface area contributed by atoms with Crippen LogP contribution >= 0.6 is 24.0 Å². The largest absolute Gasteiger partial charge is 0.493 e. The Morgan fingerprint density at radius 1 is 1.43 bits per heavy atom. The molecule has 144 valence electrons. The lowest BCUT2D eigenvalue weighted by Gasteiger charge is -2.24. The quantitative estimate of drug-likeness (QED) is 0.572. The van der Waals surface area contributed by atoms with Crippen LogP contribution in [0, 0.1) is 11.3 Å². The summed E-state index contributed by atoms with van der Waals surface area (Å²) >= 11 is 5.20. The van der Waals surface area contributed by atoms with E-state index in [0.29, 0.717) is 42.4 Å². The SMILES string of the molecule is CCOc1ccccc1C=CC(=O)Nc1sc2c(c1C#N)CCN(C(=O)S)C2. The van der Waals surface area contributed by atoms with Gasteiger partial charge < -0.3 is 15.0 Å². The predicted octanol–water partition coefficient (Wildman–Crippen LogP) is 4.08. The maximum absolute atomic E-state index is 12.4. The lowest BCUT2D eigenvalue weighted by atomic mass is 10.0. The molecule has 0 saturated carbocycles. The number of carbonyl (C=O) groups is 2. The number of carbonyl (C=O) groups excluding carboxylic acids is 2. The van der Waals surface area contributed by atoms with Crippen LogP contribution in [0.2, 0.25) is 0 Å². The van der Waals surface area contributed by atoms with Crippen LogP contribution in [-0.4, -0.2) is 29.2 Å². The summed E-state index contributed by atoms with van der Waals surface area (Å²) < 4.78 is 5.55. The average Bonchev–Trinajstić information content (AvgIpc) is 3.03. The van der Waals surface area contributed by atoms with Gasteiger partial charge in [0.2, 0.25) is 5.91 Å². The number of nitriles is 1. The Kier molecular flexibility index (Phi) is 6.39. The molecule has 0 bridgehead atoms. The highest BCUT2D eigenvalue weighted by molar-refractivity contribution is 7.96. The summed E-state index contributed by atoms with van der Waals surface area (Å²) in [4.78, 5) is 26.4. The second kappa shape index (κ2) is 8.95. The highest BCUT2D eigenvalue weighted by Crippen LogP contribution is 2.37. The van der Waals surface area contributed by atoms with E-state index in [0.717, 1.165) is 16.0 Å². The summed E-state index contributed by atoms with van der Waals surface area (Å²) in [6.07, 6.45) is 3.68. The lowest BCUT2D eigenvalue weighted by Crippen LogP contribution is -2.31. The number of ether oxygens (including phenoxy) is 1. The summed E-state index contributed by atoms with van der Waals surface area (Å²) in [5, 5.41) is 12.5. The van der Waals surface area contributed by atoms with Gasteiger partial charge in [-0.15, -0.1) is 11.3 Å². The minimum atomic E-state index is -0.330. The van der Waals surface area contributed by atoms with Gasteiger partial charge in [-0.2, -0.15) is 5.26 Å². The number of fused-ring (bicyclic) bond motifs is 1. The average molecular weight is 414 g/mol. The molecule has 1 aliphatic rings. The molecule has 1 aromatic carbocycles. The summed E-state index contributed by atoms with van der Waals surface area (Å²) in [6, 6.07) is 9.63. The summed E-state index contributed by atoms with van der Waals surface area (Å²) in [5.74, 6) is 0.374. The van der Waals surface area contributed by atoms with E-state index in [1.165, 1.54) is 17.4 Å². The van der Waals surface area contributed by atoms with Crippen molar-refractivity contribution in [2.75, 3.05) is 18.5 Å². The van der Waals surface area contributed by atoms with Gasteiger partial charge in [-0.1, -0.05) is 30.8 Å². The fourth-order valence-corrected chi connectivity index (χ4v) is 4.38. The zero-order valence-corrected chi connectivity index (χ0v) is 17.0. The molecule has 6 nitrogen and oxygen atoms in total. The van der Waals surface area contributed by atoms with Gasteiger partial charge in [0.15, 0.2) is 0 Å². The molecule has 0 aliphatic carbocycles. The summed E-state index contributed by atoms with van der Waals surface area (Å²) in [7, 11) is 0. The smallest absolute Gasteiger partial charge is 0.278 e. The first-order valence-corrected chi connectivity index (χ1v) is 10.0. The Bertz CT molecular complexity index is 976. The molecule has 2 aromatic rings. The first-order valence-electron chi connectivity index (χ1n) is 8.76. The van der Waals surface area contributed by atoms with Gasteiger partial charge in [-0.3, -0.25) is 9.59 Å². The fraction of sp³-hybridized carbons (Fsp3) is 0.250. The third-order valence-corrected chi connectivity index (χ3v) is 5.72. The number of thiol groups is 1. The fourth-order valence-electron chi connectivity index (χ4n) is 3.00. The molecule has 1 aromatic heterocycles. The van der Waals surface area contributed by atoms with Crippen molar-refractivity contribution in [3.05, 3.63) is 51.9 Å². The molecule has 1 N–H and O–H groups in total. The van der Waals surface area contributed by atoms with Gasteiger partial charge in [0, 0.05) is 23.1 Å². The Morgan fingerprint density at radius 2 is 2.21 bits per heavy atom. The van der Waals surface area contributed by atoms with E-state index >= 15 is 0 Å². The van der Waals surface area contributed by atoms with Crippen LogP contribution in [0.3, 0.4) is 0 Å². The number of nitrogens with one attached hydrogen (secondary N) is 1. The van der Waals surface area contributed by atoms with E-state index in [-0.39, 0.29) is 11.1 Å². The van der Waals surface area contributed by atoms with Crippen molar-refractivity contribution in [1.29, 1.82) is 5.26 Å². The Balaban J connectivity index is 1.76. The molecule has 0 unspecified atom stereocenters. The van der Waals surface area contributed by atoms with E-state index in [4.69, 9.17) is 4.74 Å². The third-order valence-electron chi connectivity index (χ3n) is 4.31. The molecular formula is C20H19N3O3S2. The molecule has 2 heterocycles. The first kappa shape index (κ1) is 20.0. The zero-order valence-electron chi connectivity index (χ0n) is 15.3. The predicted molar refractivity (Wildman–Crippen MR) is 113 cm³/mol. The summed E-state index contributed by atoms with van der Waals surface area (Å²) in [5.41, 5.74) is 2.18. The molecule has 28 heavy (non-hydrogen) atoms. The van der Waals surface area contributed by atoms with E-state index in [2.05, 4.69) is 24.0 Å². The molecule has 2 amide bonds. The van der Waals surface area contributed by atoms with Crippen molar-refractivity contribution < 1.29 is 14.3 Å². The first-order chi connectivity index (χ1) is 13.5. The molecule has 0 atom stereocenters.